The Labute approximate surface area is 129 Å². The normalized spacial score (nSPS) is 16.7. The summed E-state index contributed by atoms with van der Waals surface area (Å²) >= 11 is 1.41. The van der Waals surface area contributed by atoms with E-state index >= 15 is 0 Å². The zero-order valence-electron chi connectivity index (χ0n) is 12.9. The van der Waals surface area contributed by atoms with Crippen LogP contribution in [-0.4, -0.2) is 100 Å². The molecule has 0 saturated carbocycles. The summed E-state index contributed by atoms with van der Waals surface area (Å²) in [5.74, 6) is 0.557. The average molecular weight is 313 g/mol. The van der Waals surface area contributed by atoms with E-state index in [1.807, 2.05) is 19.0 Å². The fourth-order valence-electron chi connectivity index (χ4n) is 2.01. The van der Waals surface area contributed by atoms with Crippen LogP contribution >= 0.6 is 11.8 Å². The molecule has 0 aliphatic carbocycles. The van der Waals surface area contributed by atoms with Crippen molar-refractivity contribution in [3.63, 3.8) is 0 Å². The smallest absolute Gasteiger partial charge is 0.233 e. The summed E-state index contributed by atoms with van der Waals surface area (Å²) in [7, 11) is 6.09. The molecule has 0 aromatic carbocycles. The number of rotatable bonds is 6. The minimum atomic E-state index is 0.162. The Kier molecular flexibility index (Phi) is 5.95. The Bertz CT molecular complexity index is 456. The Morgan fingerprint density at radius 3 is 2.67 bits per heavy atom. The largest absolute Gasteiger partial charge is 0.339 e. The van der Waals surface area contributed by atoms with Crippen LogP contribution in [0.2, 0.25) is 0 Å². The molecule has 21 heavy (non-hydrogen) atoms. The molecule has 1 amide bonds. The highest BCUT2D eigenvalue weighted by molar-refractivity contribution is 7.99. The van der Waals surface area contributed by atoms with Crippen molar-refractivity contribution in [2.75, 3.05) is 59.6 Å². The molecular weight excluding hydrogens is 290 g/mol. The summed E-state index contributed by atoms with van der Waals surface area (Å²) in [5.41, 5.74) is 0. The molecule has 0 atom stereocenters. The van der Waals surface area contributed by atoms with Crippen LogP contribution in [0.5, 0.6) is 0 Å². The molecule has 0 spiro atoms. The van der Waals surface area contributed by atoms with Gasteiger partial charge in [0.2, 0.25) is 11.1 Å². The van der Waals surface area contributed by atoms with Crippen LogP contribution in [0.15, 0.2) is 5.16 Å². The van der Waals surface area contributed by atoms with Gasteiger partial charge in [0.25, 0.3) is 0 Å². The Balaban J connectivity index is 1.80. The first-order valence-corrected chi connectivity index (χ1v) is 8.05. The van der Waals surface area contributed by atoms with E-state index in [0.29, 0.717) is 10.9 Å². The molecule has 0 bridgehead atoms. The van der Waals surface area contributed by atoms with Crippen LogP contribution < -0.4 is 0 Å². The fourth-order valence-corrected chi connectivity index (χ4v) is 2.81. The summed E-state index contributed by atoms with van der Waals surface area (Å²) in [6, 6.07) is 0. The lowest BCUT2D eigenvalue weighted by atomic mass is 10.3. The van der Waals surface area contributed by atoms with Gasteiger partial charge in [0.1, 0.15) is 0 Å². The van der Waals surface area contributed by atoms with E-state index in [4.69, 9.17) is 0 Å². The van der Waals surface area contributed by atoms with E-state index in [1.54, 1.807) is 4.68 Å². The molecular formula is C12H23N7OS. The quantitative estimate of drug-likeness (QED) is 0.630. The van der Waals surface area contributed by atoms with Gasteiger partial charge in [-0.15, -0.1) is 5.10 Å². The minimum absolute atomic E-state index is 0.162. The maximum atomic E-state index is 12.2. The monoisotopic (exact) mass is 313 g/mol. The first-order valence-electron chi connectivity index (χ1n) is 7.06. The highest BCUT2D eigenvalue weighted by Gasteiger charge is 2.20. The first kappa shape index (κ1) is 16.2. The number of tetrazole rings is 1. The third kappa shape index (κ3) is 4.94. The average Bonchev–Trinajstić information content (AvgIpc) is 2.90. The molecule has 9 heteroatoms. The predicted molar refractivity (Wildman–Crippen MR) is 81.2 cm³/mol. The number of nitrogens with zero attached hydrogens (tertiary/aromatic N) is 7. The minimum Gasteiger partial charge on any atom is -0.339 e. The molecule has 1 aromatic rings. The van der Waals surface area contributed by atoms with Crippen molar-refractivity contribution in [2.24, 2.45) is 0 Å². The molecule has 1 aliphatic heterocycles. The zero-order valence-corrected chi connectivity index (χ0v) is 13.7. The molecule has 0 N–H and O–H groups in total. The summed E-state index contributed by atoms with van der Waals surface area (Å²) < 4.78 is 1.75. The number of hydrogen-bond acceptors (Lipinski definition) is 7. The van der Waals surface area contributed by atoms with Crippen LogP contribution in [0, 0.1) is 0 Å². The molecule has 8 nitrogen and oxygen atoms in total. The van der Waals surface area contributed by atoms with Crippen LogP contribution in [0.4, 0.5) is 0 Å². The third-order valence-corrected chi connectivity index (χ3v) is 4.38. The molecule has 118 valence electrons. The summed E-state index contributed by atoms with van der Waals surface area (Å²) in [6.07, 6.45) is 0. The Morgan fingerprint density at radius 2 is 2.00 bits per heavy atom. The van der Waals surface area contributed by atoms with E-state index in [9.17, 15) is 4.79 Å². The van der Waals surface area contributed by atoms with Crippen molar-refractivity contribution in [3.8, 4) is 0 Å². The van der Waals surface area contributed by atoms with Crippen molar-refractivity contribution in [1.82, 2.24) is 34.9 Å². The van der Waals surface area contributed by atoms with Crippen molar-refractivity contribution >= 4 is 17.7 Å². The maximum absolute atomic E-state index is 12.2. The van der Waals surface area contributed by atoms with Crippen molar-refractivity contribution in [1.29, 1.82) is 0 Å². The van der Waals surface area contributed by atoms with Crippen LogP contribution in [0.1, 0.15) is 0 Å². The van der Waals surface area contributed by atoms with Crippen LogP contribution in [-0.2, 0) is 11.3 Å². The van der Waals surface area contributed by atoms with E-state index in [1.165, 1.54) is 11.8 Å². The Morgan fingerprint density at radius 1 is 1.29 bits per heavy atom. The second-order valence-electron chi connectivity index (χ2n) is 5.46. The zero-order chi connectivity index (χ0) is 15.2. The number of thioether (sulfide) groups is 1. The lowest BCUT2D eigenvalue weighted by Gasteiger charge is -2.32. The summed E-state index contributed by atoms with van der Waals surface area (Å²) in [6.45, 7) is 5.09. The number of likely N-dealkylation sites (N-methyl/N-ethyl adjacent to an activating group) is 2. The third-order valence-electron chi connectivity index (χ3n) is 3.44. The van der Waals surface area contributed by atoms with Gasteiger partial charge in [-0.1, -0.05) is 11.8 Å². The summed E-state index contributed by atoms with van der Waals surface area (Å²) in [4.78, 5) is 18.4. The standard InChI is InChI=1S/C12H23N7OS/c1-16(2)4-9-19-12(13-14-15-19)21-10-11(20)18-7-5-17(3)6-8-18/h4-10H2,1-3H3. The van der Waals surface area contributed by atoms with Gasteiger partial charge in [-0.2, -0.15) is 0 Å². The van der Waals surface area contributed by atoms with E-state index < -0.39 is 0 Å². The molecule has 0 unspecified atom stereocenters. The lowest BCUT2D eigenvalue weighted by Crippen LogP contribution is -2.47. The topological polar surface area (TPSA) is 70.4 Å². The fraction of sp³-hybridized carbons (Fsp3) is 0.833. The maximum Gasteiger partial charge on any atom is 0.233 e. The van der Waals surface area contributed by atoms with E-state index in [-0.39, 0.29) is 5.91 Å². The van der Waals surface area contributed by atoms with Gasteiger partial charge >= 0.3 is 0 Å². The SMILES string of the molecule is CN(C)CCn1nnnc1SCC(=O)N1CCN(C)CC1. The highest BCUT2D eigenvalue weighted by atomic mass is 32.2. The molecule has 1 saturated heterocycles. The Hall–Kier alpha value is -1.19. The van der Waals surface area contributed by atoms with E-state index in [2.05, 4.69) is 32.4 Å². The lowest BCUT2D eigenvalue weighted by molar-refractivity contribution is -0.129. The molecule has 2 rings (SSSR count). The second-order valence-corrected chi connectivity index (χ2v) is 6.40. The van der Waals surface area contributed by atoms with Crippen molar-refractivity contribution < 1.29 is 4.79 Å². The van der Waals surface area contributed by atoms with Gasteiger partial charge in [0.15, 0.2) is 0 Å². The number of hydrogen-bond donors (Lipinski definition) is 0. The first-order chi connectivity index (χ1) is 10.1. The van der Waals surface area contributed by atoms with Gasteiger partial charge in [0.05, 0.1) is 12.3 Å². The summed E-state index contributed by atoms with van der Waals surface area (Å²) in [5, 5.41) is 12.4. The molecule has 1 aromatic heterocycles. The predicted octanol–water partition coefficient (Wildman–Crippen LogP) is -0.899. The van der Waals surface area contributed by atoms with Gasteiger partial charge in [-0.3, -0.25) is 4.79 Å². The van der Waals surface area contributed by atoms with Gasteiger partial charge in [-0.05, 0) is 31.6 Å². The number of aromatic nitrogens is 4. The van der Waals surface area contributed by atoms with Gasteiger partial charge in [0, 0.05) is 32.7 Å². The molecule has 1 fully saturated rings. The number of amides is 1. The number of piperazine rings is 1. The molecule has 1 aliphatic rings. The molecule has 2 heterocycles. The van der Waals surface area contributed by atoms with E-state index in [0.717, 1.165) is 39.3 Å². The second kappa shape index (κ2) is 7.71. The van der Waals surface area contributed by atoms with Crippen LogP contribution in [0.3, 0.4) is 0 Å². The van der Waals surface area contributed by atoms with Crippen LogP contribution in [0.25, 0.3) is 0 Å². The van der Waals surface area contributed by atoms with Gasteiger partial charge < -0.3 is 14.7 Å². The number of carbonyl (C=O) groups excluding carboxylic acids is 1. The highest BCUT2D eigenvalue weighted by Crippen LogP contribution is 2.14. The van der Waals surface area contributed by atoms with Crippen molar-refractivity contribution in [3.05, 3.63) is 0 Å². The van der Waals surface area contributed by atoms with Gasteiger partial charge in [-0.25, -0.2) is 4.68 Å². The number of carbonyl (C=O) groups is 1. The molecule has 0 radical (unpaired) electrons. The van der Waals surface area contributed by atoms with Crippen molar-refractivity contribution in [2.45, 2.75) is 11.7 Å².